The molecule has 3 N–H and O–H groups in total. The van der Waals surface area contributed by atoms with E-state index in [-0.39, 0.29) is 17.5 Å². The number of anilines is 2. The van der Waals surface area contributed by atoms with Gasteiger partial charge in [0.05, 0.1) is 0 Å². The molecule has 1 fully saturated rings. The lowest BCUT2D eigenvalue weighted by Gasteiger charge is -2.34. The van der Waals surface area contributed by atoms with Crippen LogP contribution in [0.3, 0.4) is 0 Å². The number of aromatic nitrogens is 3. The summed E-state index contributed by atoms with van der Waals surface area (Å²) in [5.74, 6) is -0.668. The van der Waals surface area contributed by atoms with Crippen molar-refractivity contribution in [1.82, 2.24) is 25.0 Å². The summed E-state index contributed by atoms with van der Waals surface area (Å²) in [6.07, 6.45) is 8.00. The van der Waals surface area contributed by atoms with E-state index < -0.39 is 33.5 Å². The molecule has 0 saturated carbocycles. The maximum atomic E-state index is 12.9. The number of sulfonamides is 1. The lowest BCUT2D eigenvalue weighted by Crippen LogP contribution is -2.50. The molecule has 0 bridgehead atoms. The van der Waals surface area contributed by atoms with Gasteiger partial charge in [-0.05, 0) is 76.1 Å². The van der Waals surface area contributed by atoms with E-state index in [2.05, 4.69) is 35.2 Å². The fraction of sp³-hybridized carbons (Fsp3) is 0.393. The number of carbonyl (C=O) groups excluding carboxylic acids is 2. The normalized spacial score (nSPS) is 16.5. The van der Waals surface area contributed by atoms with Crippen LogP contribution in [0.5, 0.6) is 0 Å². The predicted octanol–water partition coefficient (Wildman–Crippen LogP) is 2.37. The van der Waals surface area contributed by atoms with Gasteiger partial charge in [0.1, 0.15) is 16.5 Å². The van der Waals surface area contributed by atoms with Crippen LogP contribution in [-0.2, 0) is 19.6 Å². The van der Waals surface area contributed by atoms with Gasteiger partial charge in [0, 0.05) is 61.7 Å². The molecule has 1 aromatic carbocycles. The minimum absolute atomic E-state index is 0.109. The average molecular weight is 582 g/mol. The van der Waals surface area contributed by atoms with E-state index in [0.29, 0.717) is 11.5 Å². The van der Waals surface area contributed by atoms with Crippen molar-refractivity contribution in [3.05, 3.63) is 72.8 Å². The topological polar surface area (TPSA) is 156 Å². The summed E-state index contributed by atoms with van der Waals surface area (Å²) in [5.41, 5.74) is 0.487. The van der Waals surface area contributed by atoms with E-state index in [9.17, 15) is 18.0 Å². The Balaban J connectivity index is 1.38. The average Bonchev–Trinajstić information content (AvgIpc) is 2.95. The lowest BCUT2D eigenvalue weighted by atomic mass is 10.0. The number of hydrogen-bond acceptors (Lipinski definition) is 10. The van der Waals surface area contributed by atoms with E-state index in [1.165, 1.54) is 24.5 Å². The minimum Gasteiger partial charge on any atom is -0.459 e. The monoisotopic (exact) mass is 581 g/mol. The van der Waals surface area contributed by atoms with Crippen LogP contribution >= 0.6 is 0 Å². The maximum Gasteiger partial charge on any atom is 0.326 e. The predicted molar refractivity (Wildman–Crippen MR) is 154 cm³/mol. The van der Waals surface area contributed by atoms with Crippen molar-refractivity contribution < 1.29 is 22.7 Å². The molecule has 2 unspecified atom stereocenters. The highest BCUT2D eigenvalue weighted by Gasteiger charge is 2.30. The molecular formula is C28H35N7O5S. The van der Waals surface area contributed by atoms with Crippen LogP contribution in [0.1, 0.15) is 44.0 Å². The highest BCUT2D eigenvalue weighted by Crippen LogP contribution is 2.22. The molecule has 1 amide bonds. The molecular weight excluding hydrogens is 546 g/mol. The largest absolute Gasteiger partial charge is 0.459 e. The second kappa shape index (κ2) is 13.0. The van der Waals surface area contributed by atoms with Crippen molar-refractivity contribution in [3.8, 4) is 0 Å². The summed E-state index contributed by atoms with van der Waals surface area (Å²) in [6.45, 7) is 6.36. The zero-order valence-corrected chi connectivity index (χ0v) is 24.1. The molecule has 4 rings (SSSR count). The SMILES string of the molecule is CC(C)(C)OC(=O)C(CNC(=O)c1ccc(N2CCCC(Nc3ncccn3)C2)cc1)NS(=O)(=O)c1cccnc1. The molecule has 1 saturated heterocycles. The van der Waals surface area contributed by atoms with Gasteiger partial charge in [-0.15, -0.1) is 0 Å². The number of esters is 1. The van der Waals surface area contributed by atoms with Gasteiger partial charge in [0.2, 0.25) is 16.0 Å². The van der Waals surface area contributed by atoms with Gasteiger partial charge in [0.15, 0.2) is 0 Å². The molecule has 2 atom stereocenters. The van der Waals surface area contributed by atoms with Crippen molar-refractivity contribution in [2.24, 2.45) is 0 Å². The second-order valence-corrected chi connectivity index (χ2v) is 12.4. The first-order chi connectivity index (χ1) is 19.5. The number of hydrogen-bond donors (Lipinski definition) is 3. The zero-order chi connectivity index (χ0) is 29.5. The number of nitrogens with one attached hydrogen (secondary N) is 3. The first-order valence-corrected chi connectivity index (χ1v) is 14.8. The van der Waals surface area contributed by atoms with Gasteiger partial charge in [-0.25, -0.2) is 18.4 Å². The molecule has 13 heteroatoms. The van der Waals surface area contributed by atoms with Crippen molar-refractivity contribution in [1.29, 1.82) is 0 Å². The fourth-order valence-electron chi connectivity index (χ4n) is 4.31. The first-order valence-electron chi connectivity index (χ1n) is 13.3. The maximum absolute atomic E-state index is 12.9. The van der Waals surface area contributed by atoms with Crippen LogP contribution in [0.2, 0.25) is 0 Å². The van der Waals surface area contributed by atoms with Gasteiger partial charge in [-0.3, -0.25) is 14.6 Å². The molecule has 1 aliphatic heterocycles. The van der Waals surface area contributed by atoms with Crippen LogP contribution in [0, 0.1) is 0 Å². The van der Waals surface area contributed by atoms with E-state index in [4.69, 9.17) is 4.74 Å². The van der Waals surface area contributed by atoms with E-state index in [1.54, 1.807) is 51.4 Å². The molecule has 2 aromatic heterocycles. The Morgan fingerprint density at radius 3 is 2.46 bits per heavy atom. The lowest BCUT2D eigenvalue weighted by molar-refractivity contribution is -0.156. The smallest absolute Gasteiger partial charge is 0.326 e. The highest BCUT2D eigenvalue weighted by atomic mass is 32.2. The molecule has 41 heavy (non-hydrogen) atoms. The second-order valence-electron chi connectivity index (χ2n) is 10.7. The van der Waals surface area contributed by atoms with Crippen molar-refractivity contribution in [2.75, 3.05) is 29.9 Å². The summed E-state index contributed by atoms with van der Waals surface area (Å²) in [4.78, 5) is 40.2. The number of pyridine rings is 1. The number of benzene rings is 1. The van der Waals surface area contributed by atoms with Crippen molar-refractivity contribution >= 4 is 33.5 Å². The van der Waals surface area contributed by atoms with E-state index >= 15 is 0 Å². The third-order valence-corrected chi connectivity index (χ3v) is 7.67. The molecule has 0 spiro atoms. The van der Waals surface area contributed by atoms with E-state index in [0.717, 1.165) is 31.6 Å². The Morgan fingerprint density at radius 1 is 1.07 bits per heavy atom. The number of rotatable bonds is 10. The van der Waals surface area contributed by atoms with Gasteiger partial charge >= 0.3 is 5.97 Å². The van der Waals surface area contributed by atoms with Crippen molar-refractivity contribution in [3.63, 3.8) is 0 Å². The summed E-state index contributed by atoms with van der Waals surface area (Å²) < 4.78 is 33.4. The Bertz CT molecular complexity index is 1420. The number of amides is 1. The summed E-state index contributed by atoms with van der Waals surface area (Å²) in [5, 5.41) is 6.02. The van der Waals surface area contributed by atoms with Crippen LogP contribution in [0.15, 0.2) is 72.1 Å². The van der Waals surface area contributed by atoms with Crippen LogP contribution in [0.4, 0.5) is 11.6 Å². The Labute approximate surface area is 240 Å². The zero-order valence-electron chi connectivity index (χ0n) is 23.3. The standard InChI is InChI=1S/C28H35N7O5S/c1-28(2,3)40-26(37)24(34-41(38,39)23-8-4-13-29-17-23)18-32-25(36)20-9-11-22(12-10-20)35-16-5-7-21(19-35)33-27-30-14-6-15-31-27/h4,6,8-15,17,21,24,34H,5,7,16,18-19H2,1-3H3,(H,32,36)(H,30,31,33). The van der Waals surface area contributed by atoms with Crippen molar-refractivity contribution in [2.45, 2.75) is 56.2 Å². The Hall–Kier alpha value is -4.10. The summed E-state index contributed by atoms with van der Waals surface area (Å²) in [6, 6.07) is 10.6. The van der Waals surface area contributed by atoms with E-state index in [1.807, 2.05) is 12.1 Å². The van der Waals surface area contributed by atoms with Crippen LogP contribution < -0.4 is 20.3 Å². The molecule has 0 radical (unpaired) electrons. The number of nitrogens with zero attached hydrogens (tertiary/aromatic N) is 4. The van der Waals surface area contributed by atoms with Gasteiger partial charge in [-0.2, -0.15) is 4.72 Å². The first kappa shape index (κ1) is 29.9. The molecule has 218 valence electrons. The Kier molecular flexibility index (Phi) is 9.50. The summed E-state index contributed by atoms with van der Waals surface area (Å²) >= 11 is 0. The minimum atomic E-state index is -4.10. The van der Waals surface area contributed by atoms with Gasteiger partial charge in [0.25, 0.3) is 5.91 Å². The fourth-order valence-corrected chi connectivity index (χ4v) is 5.46. The summed E-state index contributed by atoms with van der Waals surface area (Å²) in [7, 11) is -4.10. The molecule has 12 nitrogen and oxygen atoms in total. The number of piperidine rings is 1. The number of carbonyl (C=O) groups is 2. The molecule has 3 heterocycles. The number of ether oxygens (including phenoxy) is 1. The molecule has 3 aromatic rings. The quantitative estimate of drug-likeness (QED) is 0.304. The molecule has 1 aliphatic rings. The third kappa shape index (κ3) is 8.69. The third-order valence-electron chi connectivity index (χ3n) is 6.22. The van der Waals surface area contributed by atoms with Crippen LogP contribution in [0.25, 0.3) is 0 Å². The Morgan fingerprint density at radius 2 is 1.80 bits per heavy atom. The molecule has 0 aliphatic carbocycles. The van der Waals surface area contributed by atoms with Crippen LogP contribution in [-0.4, -0.2) is 72.6 Å². The van der Waals surface area contributed by atoms with Gasteiger partial charge in [-0.1, -0.05) is 0 Å². The van der Waals surface area contributed by atoms with Gasteiger partial charge < -0.3 is 20.3 Å². The highest BCUT2D eigenvalue weighted by molar-refractivity contribution is 7.89.